The Labute approximate surface area is 125 Å². The molecule has 0 aromatic heterocycles. The maximum Gasteiger partial charge on any atom is 0.178 e. The molecule has 1 saturated carbocycles. The highest BCUT2D eigenvalue weighted by Crippen LogP contribution is 2.26. The van der Waals surface area contributed by atoms with Crippen molar-refractivity contribution in [2.75, 3.05) is 12.8 Å². The molecule has 2 N–H and O–H groups in total. The van der Waals surface area contributed by atoms with Gasteiger partial charge in [0.05, 0.1) is 6.10 Å². The molecule has 2 rings (SSSR count). The van der Waals surface area contributed by atoms with Crippen molar-refractivity contribution < 1.29 is 17.9 Å². The highest BCUT2D eigenvalue weighted by atomic mass is 32.2. The third-order valence-electron chi connectivity index (χ3n) is 4.16. The fourth-order valence-electron chi connectivity index (χ4n) is 2.79. The lowest BCUT2D eigenvalue weighted by Crippen LogP contribution is -2.29. The zero-order chi connectivity index (χ0) is 15.6. The van der Waals surface area contributed by atoms with E-state index >= 15 is 0 Å². The molecule has 0 heterocycles. The van der Waals surface area contributed by atoms with Gasteiger partial charge in [-0.05, 0) is 43.4 Å². The number of benzene rings is 1. The van der Waals surface area contributed by atoms with Gasteiger partial charge in [0.1, 0.15) is 10.7 Å². The second kappa shape index (κ2) is 6.42. The van der Waals surface area contributed by atoms with Crippen LogP contribution in [0.3, 0.4) is 0 Å². The molecule has 3 unspecified atom stereocenters. The number of aliphatic hydroxyl groups is 1. The second-order valence-electron chi connectivity index (χ2n) is 5.85. The van der Waals surface area contributed by atoms with Gasteiger partial charge in [0.15, 0.2) is 9.84 Å². The zero-order valence-corrected chi connectivity index (χ0v) is 13.2. The molecule has 0 saturated heterocycles. The second-order valence-corrected chi connectivity index (χ2v) is 7.83. The maximum atomic E-state index is 13.9. The molecule has 0 spiro atoms. The van der Waals surface area contributed by atoms with Crippen LogP contribution in [-0.2, 0) is 9.84 Å². The predicted molar refractivity (Wildman–Crippen MR) is 79.3 cm³/mol. The standard InChI is InChI=1S/C15H22FNO3S/c1-10(17-9-12-4-3-5-14(12)18)11-6-7-15(13(16)8-11)21(2,19)20/h6-8,10,12,14,17-18H,3-5,9H2,1-2H3. The van der Waals surface area contributed by atoms with Crippen molar-refractivity contribution in [3.05, 3.63) is 29.6 Å². The van der Waals surface area contributed by atoms with E-state index in [4.69, 9.17) is 0 Å². The van der Waals surface area contributed by atoms with E-state index in [9.17, 15) is 17.9 Å². The largest absolute Gasteiger partial charge is 0.393 e. The third kappa shape index (κ3) is 4.02. The summed E-state index contributed by atoms with van der Waals surface area (Å²) in [6, 6.07) is 4.10. The first-order valence-electron chi connectivity index (χ1n) is 7.20. The first-order valence-corrected chi connectivity index (χ1v) is 9.09. The Hall–Kier alpha value is -0.980. The van der Waals surface area contributed by atoms with Crippen LogP contribution < -0.4 is 5.32 Å². The zero-order valence-electron chi connectivity index (χ0n) is 12.3. The fraction of sp³-hybridized carbons (Fsp3) is 0.600. The van der Waals surface area contributed by atoms with E-state index in [0.717, 1.165) is 25.5 Å². The van der Waals surface area contributed by atoms with Crippen LogP contribution in [0.4, 0.5) is 4.39 Å². The molecule has 1 aromatic carbocycles. The van der Waals surface area contributed by atoms with Crippen molar-refractivity contribution in [1.29, 1.82) is 0 Å². The van der Waals surface area contributed by atoms with E-state index in [-0.39, 0.29) is 23.0 Å². The van der Waals surface area contributed by atoms with Crippen LogP contribution in [0.2, 0.25) is 0 Å². The van der Waals surface area contributed by atoms with Gasteiger partial charge in [-0.3, -0.25) is 0 Å². The average Bonchev–Trinajstić information content (AvgIpc) is 2.80. The Morgan fingerprint density at radius 2 is 2.14 bits per heavy atom. The Kier molecular flexibility index (Phi) is 5.01. The van der Waals surface area contributed by atoms with Crippen molar-refractivity contribution in [2.45, 2.75) is 43.2 Å². The number of hydrogen-bond acceptors (Lipinski definition) is 4. The summed E-state index contributed by atoms with van der Waals surface area (Å²) in [5.74, 6) is -0.475. The number of nitrogens with one attached hydrogen (secondary N) is 1. The van der Waals surface area contributed by atoms with Gasteiger partial charge in [0.2, 0.25) is 0 Å². The summed E-state index contributed by atoms with van der Waals surface area (Å²) in [4.78, 5) is -0.273. The molecule has 4 nitrogen and oxygen atoms in total. The minimum Gasteiger partial charge on any atom is -0.393 e. The molecule has 1 aliphatic rings. The van der Waals surface area contributed by atoms with E-state index < -0.39 is 15.7 Å². The quantitative estimate of drug-likeness (QED) is 0.872. The lowest BCUT2D eigenvalue weighted by atomic mass is 10.0. The lowest BCUT2D eigenvalue weighted by molar-refractivity contribution is 0.130. The summed E-state index contributed by atoms with van der Waals surface area (Å²) in [5.41, 5.74) is 0.701. The lowest BCUT2D eigenvalue weighted by Gasteiger charge is -2.20. The number of hydrogen-bond donors (Lipinski definition) is 2. The molecule has 21 heavy (non-hydrogen) atoms. The van der Waals surface area contributed by atoms with Gasteiger partial charge in [-0.1, -0.05) is 12.5 Å². The van der Waals surface area contributed by atoms with Gasteiger partial charge < -0.3 is 10.4 Å². The molecule has 1 fully saturated rings. The van der Waals surface area contributed by atoms with Crippen LogP contribution >= 0.6 is 0 Å². The van der Waals surface area contributed by atoms with Gasteiger partial charge in [0, 0.05) is 18.8 Å². The van der Waals surface area contributed by atoms with Crippen molar-refractivity contribution in [1.82, 2.24) is 5.32 Å². The molecule has 3 atom stereocenters. The smallest absolute Gasteiger partial charge is 0.178 e. The number of sulfone groups is 1. The molecule has 0 amide bonds. The van der Waals surface area contributed by atoms with Crippen LogP contribution in [0.5, 0.6) is 0 Å². The van der Waals surface area contributed by atoms with Crippen molar-refractivity contribution >= 4 is 9.84 Å². The van der Waals surface area contributed by atoms with Crippen LogP contribution in [0.25, 0.3) is 0 Å². The van der Waals surface area contributed by atoms with Crippen molar-refractivity contribution in [3.8, 4) is 0 Å². The van der Waals surface area contributed by atoms with Crippen LogP contribution in [0.1, 0.15) is 37.8 Å². The Morgan fingerprint density at radius 3 is 2.67 bits per heavy atom. The van der Waals surface area contributed by atoms with E-state index in [1.54, 1.807) is 6.07 Å². The van der Waals surface area contributed by atoms with E-state index in [1.165, 1.54) is 12.1 Å². The van der Waals surface area contributed by atoms with Crippen LogP contribution in [-0.4, -0.2) is 32.4 Å². The Morgan fingerprint density at radius 1 is 1.43 bits per heavy atom. The van der Waals surface area contributed by atoms with Crippen molar-refractivity contribution in [2.24, 2.45) is 5.92 Å². The van der Waals surface area contributed by atoms with Gasteiger partial charge in [0.25, 0.3) is 0 Å². The highest BCUT2D eigenvalue weighted by Gasteiger charge is 2.25. The molecule has 118 valence electrons. The molecular weight excluding hydrogens is 293 g/mol. The first kappa shape index (κ1) is 16.4. The van der Waals surface area contributed by atoms with Crippen LogP contribution in [0, 0.1) is 11.7 Å². The summed E-state index contributed by atoms with van der Waals surface area (Å²) in [6.07, 6.45) is 3.63. The molecule has 1 aromatic rings. The predicted octanol–water partition coefficient (Wildman–Crippen LogP) is 2.04. The third-order valence-corrected chi connectivity index (χ3v) is 5.29. The maximum absolute atomic E-state index is 13.9. The molecule has 1 aliphatic carbocycles. The van der Waals surface area contributed by atoms with Gasteiger partial charge in [-0.2, -0.15) is 0 Å². The summed E-state index contributed by atoms with van der Waals surface area (Å²) in [5, 5.41) is 13.1. The average molecular weight is 315 g/mol. The Bertz CT molecular complexity index is 603. The molecule has 0 aliphatic heterocycles. The molecular formula is C15H22FNO3S. The number of halogens is 1. The van der Waals surface area contributed by atoms with E-state index in [1.807, 2.05) is 6.92 Å². The number of aliphatic hydroxyl groups excluding tert-OH is 1. The van der Waals surface area contributed by atoms with Gasteiger partial charge >= 0.3 is 0 Å². The van der Waals surface area contributed by atoms with Gasteiger partial charge in [-0.15, -0.1) is 0 Å². The summed E-state index contributed by atoms with van der Waals surface area (Å²) in [6.45, 7) is 2.58. The summed E-state index contributed by atoms with van der Waals surface area (Å²) in [7, 11) is -3.54. The monoisotopic (exact) mass is 315 g/mol. The van der Waals surface area contributed by atoms with E-state index in [2.05, 4.69) is 5.32 Å². The fourth-order valence-corrected chi connectivity index (χ4v) is 3.52. The van der Waals surface area contributed by atoms with Crippen LogP contribution in [0.15, 0.2) is 23.1 Å². The first-order chi connectivity index (χ1) is 9.79. The van der Waals surface area contributed by atoms with Gasteiger partial charge in [-0.25, -0.2) is 12.8 Å². The molecule has 0 bridgehead atoms. The SMILES string of the molecule is CC(NCC1CCCC1O)c1ccc(S(C)(=O)=O)c(F)c1. The normalized spacial score (nSPS) is 24.2. The van der Waals surface area contributed by atoms with Crippen molar-refractivity contribution in [3.63, 3.8) is 0 Å². The summed E-state index contributed by atoms with van der Waals surface area (Å²) >= 11 is 0. The number of rotatable bonds is 5. The minimum atomic E-state index is -3.54. The topological polar surface area (TPSA) is 66.4 Å². The summed E-state index contributed by atoms with van der Waals surface area (Å²) < 4.78 is 36.6. The Balaban J connectivity index is 2.03. The minimum absolute atomic E-state index is 0.0964. The molecule has 0 radical (unpaired) electrons. The highest BCUT2D eigenvalue weighted by molar-refractivity contribution is 7.90. The molecule has 6 heteroatoms. The van der Waals surface area contributed by atoms with E-state index in [0.29, 0.717) is 12.1 Å².